The third-order valence-electron chi connectivity index (χ3n) is 6.09. The van der Waals surface area contributed by atoms with Gasteiger partial charge in [0.05, 0.1) is 0 Å². The minimum atomic E-state index is 0.126. The molecule has 1 aromatic carbocycles. The number of nitrogens with one attached hydrogen (secondary N) is 1. The Morgan fingerprint density at radius 2 is 2.08 bits per heavy atom. The lowest BCUT2D eigenvalue weighted by Gasteiger charge is -2.43. The minimum absolute atomic E-state index is 0.126. The number of benzene rings is 1. The third-order valence-corrected chi connectivity index (χ3v) is 6.09. The number of carbonyl (C=O) groups is 1. The van der Waals surface area contributed by atoms with Gasteiger partial charge in [-0.15, -0.1) is 0 Å². The molecule has 0 aliphatic heterocycles. The summed E-state index contributed by atoms with van der Waals surface area (Å²) in [6.07, 6.45) is 6.16. The zero-order chi connectivity index (χ0) is 17.4. The van der Waals surface area contributed by atoms with Gasteiger partial charge in [0.15, 0.2) is 11.5 Å². The number of amides is 1. The third kappa shape index (κ3) is 3.30. The van der Waals surface area contributed by atoms with Crippen LogP contribution in [0.25, 0.3) is 11.1 Å². The van der Waals surface area contributed by atoms with Gasteiger partial charge in [0.2, 0.25) is 5.91 Å². The van der Waals surface area contributed by atoms with Crippen LogP contribution in [0.2, 0.25) is 0 Å². The second-order valence-corrected chi connectivity index (χ2v) is 7.77. The topological polar surface area (TPSA) is 81.2 Å². The number of para-hydroxylation sites is 1. The molecule has 5 heteroatoms. The van der Waals surface area contributed by atoms with Crippen LogP contribution in [0.15, 0.2) is 22.6 Å². The van der Waals surface area contributed by atoms with Crippen molar-refractivity contribution < 1.29 is 9.21 Å². The van der Waals surface area contributed by atoms with Gasteiger partial charge in [-0.3, -0.25) is 4.79 Å². The number of hydrogen-bond donors (Lipinski definition) is 2. The SMILES string of the molecule is Cc1cccc2oc(CCNC(=O)C3CC4CCCC(C3)C4N)nc12. The molecule has 2 aliphatic rings. The van der Waals surface area contributed by atoms with Crippen LogP contribution in [0.5, 0.6) is 0 Å². The van der Waals surface area contributed by atoms with Gasteiger partial charge in [-0.25, -0.2) is 4.98 Å². The number of fused-ring (bicyclic) bond motifs is 3. The van der Waals surface area contributed by atoms with Gasteiger partial charge in [0, 0.05) is 24.9 Å². The van der Waals surface area contributed by atoms with Crippen molar-refractivity contribution >= 4 is 17.0 Å². The van der Waals surface area contributed by atoms with Crippen LogP contribution >= 0.6 is 0 Å². The van der Waals surface area contributed by atoms with Crippen LogP contribution in [-0.2, 0) is 11.2 Å². The van der Waals surface area contributed by atoms with Crippen LogP contribution < -0.4 is 11.1 Å². The summed E-state index contributed by atoms with van der Waals surface area (Å²) in [5.74, 6) is 2.05. The molecule has 0 saturated heterocycles. The quantitative estimate of drug-likeness (QED) is 0.896. The Kier molecular flexibility index (Phi) is 4.50. The number of nitrogens with two attached hydrogens (primary N) is 1. The van der Waals surface area contributed by atoms with Crippen LogP contribution in [0, 0.1) is 24.7 Å². The summed E-state index contributed by atoms with van der Waals surface area (Å²) in [6, 6.07) is 6.24. The number of nitrogens with zero attached hydrogens (tertiary/aromatic N) is 1. The van der Waals surface area contributed by atoms with Gasteiger partial charge >= 0.3 is 0 Å². The smallest absolute Gasteiger partial charge is 0.223 e. The van der Waals surface area contributed by atoms with E-state index < -0.39 is 0 Å². The second kappa shape index (κ2) is 6.79. The first kappa shape index (κ1) is 16.6. The molecule has 1 heterocycles. The van der Waals surface area contributed by atoms with Crippen molar-refractivity contribution in [3.05, 3.63) is 29.7 Å². The van der Waals surface area contributed by atoms with E-state index in [2.05, 4.69) is 10.3 Å². The van der Waals surface area contributed by atoms with E-state index in [9.17, 15) is 4.79 Å². The summed E-state index contributed by atoms with van der Waals surface area (Å²) >= 11 is 0. The lowest BCUT2D eigenvalue weighted by molar-refractivity contribution is -0.127. The Labute approximate surface area is 148 Å². The van der Waals surface area contributed by atoms with E-state index in [0.29, 0.717) is 36.7 Å². The molecule has 2 bridgehead atoms. The summed E-state index contributed by atoms with van der Waals surface area (Å²) in [5, 5.41) is 3.08. The minimum Gasteiger partial charge on any atom is -0.441 e. The number of rotatable bonds is 4. The Morgan fingerprint density at radius 3 is 2.80 bits per heavy atom. The van der Waals surface area contributed by atoms with Crippen molar-refractivity contribution in [3.63, 3.8) is 0 Å². The lowest BCUT2D eigenvalue weighted by atomic mass is 9.65. The van der Waals surface area contributed by atoms with Crippen molar-refractivity contribution in [2.24, 2.45) is 23.5 Å². The van der Waals surface area contributed by atoms with Crippen molar-refractivity contribution in [2.75, 3.05) is 6.54 Å². The van der Waals surface area contributed by atoms with Gasteiger partial charge in [-0.05, 0) is 56.1 Å². The first-order valence-electron chi connectivity index (χ1n) is 9.50. The zero-order valence-electron chi connectivity index (χ0n) is 14.8. The molecule has 2 atom stereocenters. The van der Waals surface area contributed by atoms with Crippen LogP contribution in [0.4, 0.5) is 0 Å². The van der Waals surface area contributed by atoms with Crippen molar-refractivity contribution in [3.8, 4) is 0 Å². The largest absolute Gasteiger partial charge is 0.441 e. The van der Waals surface area contributed by atoms with E-state index in [1.54, 1.807) is 0 Å². The van der Waals surface area contributed by atoms with Crippen LogP contribution in [-0.4, -0.2) is 23.5 Å². The van der Waals surface area contributed by atoms with Gasteiger partial charge in [-0.1, -0.05) is 18.6 Å². The van der Waals surface area contributed by atoms with E-state index in [1.165, 1.54) is 19.3 Å². The average molecular weight is 341 g/mol. The predicted octanol–water partition coefficient (Wildman–Crippen LogP) is 2.95. The number of hydrogen-bond acceptors (Lipinski definition) is 4. The van der Waals surface area contributed by atoms with Gasteiger partial charge in [-0.2, -0.15) is 0 Å². The molecule has 25 heavy (non-hydrogen) atoms. The molecule has 2 fully saturated rings. The average Bonchev–Trinajstić information content (AvgIpc) is 2.99. The fraction of sp³-hybridized carbons (Fsp3) is 0.600. The Bertz CT molecular complexity index is 755. The van der Waals surface area contributed by atoms with E-state index in [-0.39, 0.29) is 11.8 Å². The highest BCUT2D eigenvalue weighted by molar-refractivity contribution is 5.79. The molecular formula is C20H27N3O2. The molecule has 0 spiro atoms. The molecule has 2 saturated carbocycles. The van der Waals surface area contributed by atoms with E-state index in [0.717, 1.165) is 29.5 Å². The van der Waals surface area contributed by atoms with Gasteiger partial charge < -0.3 is 15.5 Å². The zero-order valence-corrected chi connectivity index (χ0v) is 14.8. The number of oxazole rings is 1. The first-order chi connectivity index (χ1) is 12.1. The van der Waals surface area contributed by atoms with Crippen LogP contribution in [0.3, 0.4) is 0 Å². The van der Waals surface area contributed by atoms with Gasteiger partial charge in [0.25, 0.3) is 0 Å². The molecule has 134 valence electrons. The molecule has 2 aliphatic carbocycles. The highest BCUT2D eigenvalue weighted by atomic mass is 16.3. The monoisotopic (exact) mass is 341 g/mol. The molecule has 2 unspecified atom stereocenters. The number of aryl methyl sites for hydroxylation is 1. The Balaban J connectivity index is 1.32. The molecule has 0 radical (unpaired) electrons. The maximum Gasteiger partial charge on any atom is 0.223 e. The van der Waals surface area contributed by atoms with Gasteiger partial charge in [0.1, 0.15) is 5.52 Å². The number of aromatic nitrogens is 1. The highest BCUT2D eigenvalue weighted by Crippen LogP contribution is 2.41. The van der Waals surface area contributed by atoms with E-state index in [4.69, 9.17) is 10.2 Å². The summed E-state index contributed by atoms with van der Waals surface area (Å²) < 4.78 is 5.77. The Morgan fingerprint density at radius 1 is 1.32 bits per heavy atom. The van der Waals surface area contributed by atoms with E-state index >= 15 is 0 Å². The Hall–Kier alpha value is -1.88. The van der Waals surface area contributed by atoms with Crippen LogP contribution in [0.1, 0.15) is 43.6 Å². The maximum atomic E-state index is 12.5. The summed E-state index contributed by atoms with van der Waals surface area (Å²) in [5.41, 5.74) is 9.16. The second-order valence-electron chi connectivity index (χ2n) is 7.77. The van der Waals surface area contributed by atoms with E-state index in [1.807, 2.05) is 25.1 Å². The number of carbonyl (C=O) groups excluding carboxylic acids is 1. The standard InChI is InChI=1S/C20H27N3O2/c1-12-4-2-7-16-19(12)23-17(25-16)8-9-22-20(24)15-10-13-5-3-6-14(11-15)18(13)21/h2,4,7,13-15,18H,3,5-6,8-11,21H2,1H3,(H,22,24). The van der Waals surface area contributed by atoms with Crippen molar-refractivity contribution in [1.29, 1.82) is 0 Å². The summed E-state index contributed by atoms with van der Waals surface area (Å²) in [4.78, 5) is 17.1. The first-order valence-corrected chi connectivity index (χ1v) is 9.50. The molecule has 1 aromatic heterocycles. The fourth-order valence-electron chi connectivity index (χ4n) is 4.68. The molecule has 4 rings (SSSR count). The van der Waals surface area contributed by atoms with Crippen molar-refractivity contribution in [2.45, 2.75) is 51.5 Å². The molecule has 5 nitrogen and oxygen atoms in total. The molecule has 3 N–H and O–H groups in total. The predicted molar refractivity (Wildman–Crippen MR) is 97.0 cm³/mol. The highest BCUT2D eigenvalue weighted by Gasteiger charge is 2.40. The fourth-order valence-corrected chi connectivity index (χ4v) is 4.68. The normalized spacial score (nSPS) is 28.9. The lowest BCUT2D eigenvalue weighted by Crippen LogP contribution is -2.49. The summed E-state index contributed by atoms with van der Waals surface area (Å²) in [6.45, 7) is 2.60. The molecule has 1 amide bonds. The maximum absolute atomic E-state index is 12.5. The summed E-state index contributed by atoms with van der Waals surface area (Å²) in [7, 11) is 0. The van der Waals surface area contributed by atoms with Crippen molar-refractivity contribution in [1.82, 2.24) is 10.3 Å². The molecule has 2 aromatic rings. The molecular weight excluding hydrogens is 314 g/mol.